The lowest BCUT2D eigenvalue weighted by Crippen LogP contribution is -2.25. The zero-order chi connectivity index (χ0) is 12.6. The summed E-state index contributed by atoms with van der Waals surface area (Å²) in [6, 6.07) is 1.60. The summed E-state index contributed by atoms with van der Waals surface area (Å²) in [6.45, 7) is 0. The third-order valence-electron chi connectivity index (χ3n) is 3.06. The van der Waals surface area contributed by atoms with E-state index >= 15 is 0 Å². The summed E-state index contributed by atoms with van der Waals surface area (Å²) < 4.78 is 24.2. The van der Waals surface area contributed by atoms with Gasteiger partial charge >= 0.3 is 0 Å². The average molecular weight is 260 g/mol. The van der Waals surface area contributed by atoms with Crippen LogP contribution in [-0.2, 0) is 6.42 Å². The fourth-order valence-electron chi connectivity index (χ4n) is 1.82. The molecule has 0 aromatic heterocycles. The second-order valence-electron chi connectivity index (χ2n) is 4.44. The van der Waals surface area contributed by atoms with E-state index in [0.29, 0.717) is 17.7 Å². The molecule has 94 valence electrons. The number of hydrogen-bond acceptors (Lipinski definition) is 3. The lowest BCUT2D eigenvalue weighted by Gasteiger charge is -2.15. The Hall–Kier alpha value is -1.00. The molecule has 0 amide bonds. The minimum absolute atomic E-state index is 0.0499. The molecule has 2 rings (SSSR count). The lowest BCUT2D eigenvalue weighted by atomic mass is 10.0. The van der Waals surface area contributed by atoms with E-state index in [2.05, 4.69) is 0 Å². The quantitative estimate of drug-likeness (QED) is 0.904. The van der Waals surface area contributed by atoms with Crippen LogP contribution in [0.3, 0.4) is 0 Å². The van der Waals surface area contributed by atoms with Crippen molar-refractivity contribution in [2.75, 3.05) is 14.2 Å². The van der Waals surface area contributed by atoms with Crippen molar-refractivity contribution in [2.45, 2.75) is 24.8 Å². The first-order valence-electron chi connectivity index (χ1n) is 5.38. The predicted octanol–water partition coefficient (Wildman–Crippen LogP) is 2.53. The van der Waals surface area contributed by atoms with Crippen molar-refractivity contribution < 1.29 is 13.9 Å². The van der Waals surface area contributed by atoms with Gasteiger partial charge in [0.1, 0.15) is 10.8 Å². The van der Waals surface area contributed by atoms with E-state index in [0.717, 1.165) is 12.8 Å². The molecule has 0 aliphatic heterocycles. The third kappa shape index (κ3) is 2.33. The minimum Gasteiger partial charge on any atom is -0.493 e. The van der Waals surface area contributed by atoms with Crippen LogP contribution < -0.4 is 15.2 Å². The zero-order valence-corrected chi connectivity index (χ0v) is 10.6. The van der Waals surface area contributed by atoms with Gasteiger partial charge in [-0.15, -0.1) is 0 Å². The molecular formula is C12H15ClFNO2. The van der Waals surface area contributed by atoms with Crippen molar-refractivity contribution >= 4 is 11.6 Å². The van der Waals surface area contributed by atoms with Gasteiger partial charge in [0.15, 0.2) is 11.5 Å². The molecule has 0 atom stereocenters. The Morgan fingerprint density at radius 1 is 1.41 bits per heavy atom. The van der Waals surface area contributed by atoms with Crippen molar-refractivity contribution in [3.8, 4) is 11.5 Å². The summed E-state index contributed by atoms with van der Waals surface area (Å²) in [4.78, 5) is 0. The highest BCUT2D eigenvalue weighted by Gasteiger charge is 2.39. The summed E-state index contributed by atoms with van der Waals surface area (Å²) in [5.41, 5.74) is 6.18. The SMILES string of the molecule is COc1cc(CC2(N)CC2)c(F)c(Cl)c1OC. The van der Waals surface area contributed by atoms with E-state index < -0.39 is 5.82 Å². The summed E-state index contributed by atoms with van der Waals surface area (Å²) in [7, 11) is 2.92. The number of methoxy groups -OCH3 is 2. The van der Waals surface area contributed by atoms with E-state index in [-0.39, 0.29) is 16.3 Å². The molecule has 1 aromatic rings. The smallest absolute Gasteiger partial charge is 0.182 e. The van der Waals surface area contributed by atoms with Crippen LogP contribution in [0.15, 0.2) is 6.07 Å². The molecule has 0 radical (unpaired) electrons. The third-order valence-corrected chi connectivity index (χ3v) is 3.40. The highest BCUT2D eigenvalue weighted by molar-refractivity contribution is 6.32. The van der Waals surface area contributed by atoms with Gasteiger partial charge in [-0.1, -0.05) is 11.6 Å². The van der Waals surface area contributed by atoms with Gasteiger partial charge in [0.2, 0.25) is 0 Å². The lowest BCUT2D eigenvalue weighted by molar-refractivity contribution is 0.351. The predicted molar refractivity (Wildman–Crippen MR) is 64.4 cm³/mol. The average Bonchev–Trinajstić information content (AvgIpc) is 3.02. The Bertz CT molecular complexity index is 447. The van der Waals surface area contributed by atoms with Crippen molar-refractivity contribution in [2.24, 2.45) is 5.73 Å². The van der Waals surface area contributed by atoms with Gasteiger partial charge in [0.25, 0.3) is 0 Å². The molecule has 3 nitrogen and oxygen atoms in total. The second-order valence-corrected chi connectivity index (χ2v) is 4.82. The molecule has 1 fully saturated rings. The molecule has 1 aliphatic carbocycles. The Balaban J connectivity index is 2.42. The summed E-state index contributed by atoms with van der Waals surface area (Å²) >= 11 is 5.91. The molecule has 5 heteroatoms. The van der Waals surface area contributed by atoms with E-state index in [4.69, 9.17) is 26.8 Å². The topological polar surface area (TPSA) is 44.5 Å². The number of rotatable bonds is 4. The Labute approximate surface area is 105 Å². The molecule has 1 aliphatic rings. The molecule has 0 spiro atoms. The minimum atomic E-state index is -0.471. The van der Waals surface area contributed by atoms with E-state index in [1.54, 1.807) is 6.07 Å². The van der Waals surface area contributed by atoms with Gasteiger partial charge in [-0.05, 0) is 30.9 Å². The first-order chi connectivity index (χ1) is 8.00. The van der Waals surface area contributed by atoms with Crippen molar-refractivity contribution in [1.82, 2.24) is 0 Å². The van der Waals surface area contributed by atoms with Crippen LogP contribution in [0, 0.1) is 5.82 Å². The Morgan fingerprint density at radius 3 is 2.53 bits per heavy atom. The van der Waals surface area contributed by atoms with E-state index in [1.807, 2.05) is 0 Å². The summed E-state index contributed by atoms with van der Waals surface area (Å²) in [5, 5.41) is -0.0499. The Morgan fingerprint density at radius 2 is 2.06 bits per heavy atom. The van der Waals surface area contributed by atoms with Crippen LogP contribution in [0.1, 0.15) is 18.4 Å². The van der Waals surface area contributed by atoms with Crippen molar-refractivity contribution in [1.29, 1.82) is 0 Å². The van der Waals surface area contributed by atoms with Crippen LogP contribution in [0.5, 0.6) is 11.5 Å². The molecule has 1 aromatic carbocycles. The normalized spacial score (nSPS) is 16.8. The number of benzene rings is 1. The van der Waals surface area contributed by atoms with Crippen molar-refractivity contribution in [3.05, 3.63) is 22.5 Å². The van der Waals surface area contributed by atoms with Crippen LogP contribution in [0.25, 0.3) is 0 Å². The number of nitrogens with two attached hydrogens (primary N) is 1. The molecule has 2 N–H and O–H groups in total. The van der Waals surface area contributed by atoms with Crippen molar-refractivity contribution in [3.63, 3.8) is 0 Å². The first-order valence-corrected chi connectivity index (χ1v) is 5.76. The number of hydrogen-bond donors (Lipinski definition) is 1. The molecule has 0 bridgehead atoms. The maximum absolute atomic E-state index is 14.0. The number of halogens is 2. The largest absolute Gasteiger partial charge is 0.493 e. The van der Waals surface area contributed by atoms with Gasteiger partial charge in [-0.2, -0.15) is 0 Å². The second kappa shape index (κ2) is 4.35. The van der Waals surface area contributed by atoms with E-state index in [9.17, 15) is 4.39 Å². The molecule has 0 heterocycles. The fraction of sp³-hybridized carbons (Fsp3) is 0.500. The van der Waals surface area contributed by atoms with Gasteiger partial charge in [0, 0.05) is 5.54 Å². The summed E-state index contributed by atoms with van der Waals surface area (Å²) in [5.74, 6) is 0.177. The van der Waals surface area contributed by atoms with Crippen LogP contribution >= 0.6 is 11.6 Å². The Kier molecular flexibility index (Phi) is 3.19. The molecule has 17 heavy (non-hydrogen) atoms. The molecule has 0 unspecified atom stereocenters. The standard InChI is InChI=1S/C12H15ClFNO2/c1-16-8-5-7(6-12(15)3-4-12)10(14)9(13)11(8)17-2/h5H,3-4,6,15H2,1-2H3. The highest BCUT2D eigenvalue weighted by atomic mass is 35.5. The molecular weight excluding hydrogens is 245 g/mol. The van der Waals surface area contributed by atoms with Crippen LogP contribution in [0.2, 0.25) is 5.02 Å². The van der Waals surface area contributed by atoms with Gasteiger partial charge < -0.3 is 15.2 Å². The maximum Gasteiger partial charge on any atom is 0.182 e. The zero-order valence-electron chi connectivity index (χ0n) is 9.85. The fourth-order valence-corrected chi connectivity index (χ4v) is 2.11. The van der Waals surface area contributed by atoms with Crippen LogP contribution in [-0.4, -0.2) is 19.8 Å². The monoisotopic (exact) mass is 259 g/mol. The maximum atomic E-state index is 14.0. The van der Waals surface area contributed by atoms with E-state index in [1.165, 1.54) is 14.2 Å². The highest BCUT2D eigenvalue weighted by Crippen LogP contribution is 2.42. The van der Waals surface area contributed by atoms with Crippen LogP contribution in [0.4, 0.5) is 4.39 Å². The van der Waals surface area contributed by atoms with Gasteiger partial charge in [-0.3, -0.25) is 0 Å². The first kappa shape index (κ1) is 12.5. The van der Waals surface area contributed by atoms with Gasteiger partial charge in [-0.25, -0.2) is 4.39 Å². The molecule has 1 saturated carbocycles. The summed E-state index contributed by atoms with van der Waals surface area (Å²) in [6.07, 6.45) is 2.30. The molecule has 0 saturated heterocycles. The number of ether oxygens (including phenoxy) is 2. The van der Waals surface area contributed by atoms with Gasteiger partial charge in [0.05, 0.1) is 14.2 Å².